The topological polar surface area (TPSA) is 6.48 Å². The number of allylic oxidation sites excluding steroid dienone is 7. The van der Waals surface area contributed by atoms with E-state index < -0.39 is 0 Å². The van der Waals surface area contributed by atoms with E-state index in [2.05, 4.69) is 358 Å². The predicted molar refractivity (Wildman–Crippen MR) is 413 cm³/mol. The van der Waals surface area contributed by atoms with Crippen molar-refractivity contribution in [2.24, 2.45) is 0 Å². The predicted octanol–water partition coefficient (Wildman–Crippen LogP) is 25.9. The van der Waals surface area contributed by atoms with Crippen LogP contribution in [0.4, 0.5) is 22.7 Å². The van der Waals surface area contributed by atoms with Crippen molar-refractivity contribution in [3.05, 3.63) is 404 Å². The second-order valence-electron chi connectivity index (χ2n) is 24.2. The van der Waals surface area contributed by atoms with Gasteiger partial charge in [-0.15, -0.1) is 0 Å². The molecule has 0 heterocycles. The molecule has 2 aliphatic rings. The maximum absolute atomic E-state index is 4.05. The van der Waals surface area contributed by atoms with Crippen LogP contribution in [0.1, 0.15) is 51.8 Å². The zero-order valence-corrected chi connectivity index (χ0v) is 53.7. The van der Waals surface area contributed by atoms with Crippen LogP contribution in [0.15, 0.2) is 365 Å². The van der Waals surface area contributed by atoms with Gasteiger partial charge in [0, 0.05) is 17.1 Å². The Kier molecular flexibility index (Phi) is 17.6. The average molecular weight is 1230 g/mol. The van der Waals surface area contributed by atoms with Crippen molar-refractivity contribution in [2.75, 3.05) is 9.80 Å². The average Bonchev–Trinajstić information content (AvgIpc) is 0.792. The summed E-state index contributed by atoms with van der Waals surface area (Å²) in [5.41, 5.74) is 39.0. The molecule has 0 N–H and O–H groups in total. The zero-order chi connectivity index (χ0) is 65.3. The van der Waals surface area contributed by atoms with Crippen LogP contribution < -0.4 is 9.80 Å². The highest BCUT2D eigenvalue weighted by atomic mass is 15.2. The molecule has 2 nitrogen and oxygen atoms in total. The number of hydrogen-bond donors (Lipinski definition) is 0. The van der Waals surface area contributed by atoms with E-state index >= 15 is 0 Å². The zero-order valence-electron chi connectivity index (χ0n) is 53.7. The van der Waals surface area contributed by atoms with Gasteiger partial charge in [0.25, 0.3) is 0 Å². The summed E-state index contributed by atoms with van der Waals surface area (Å²) in [6, 6.07) is 103. The summed E-state index contributed by atoms with van der Waals surface area (Å²) in [5, 5.41) is 0. The normalized spacial score (nSPS) is 12.3. The molecule has 0 atom stereocenters. The van der Waals surface area contributed by atoms with Crippen molar-refractivity contribution in [2.45, 2.75) is 12.8 Å². The monoisotopic (exact) mass is 1230 g/mol. The molecule has 12 aromatic rings. The summed E-state index contributed by atoms with van der Waals surface area (Å²) in [6.07, 6.45) is 20.0. The van der Waals surface area contributed by atoms with Gasteiger partial charge in [-0.25, -0.2) is 0 Å². The van der Waals surface area contributed by atoms with Crippen LogP contribution in [0.3, 0.4) is 0 Å². The fourth-order valence-electron chi connectivity index (χ4n) is 12.9. The molecular formula is C94H70N2. The molecule has 2 heteroatoms. The molecule has 0 radical (unpaired) electrons. The molecular weight excluding hydrogens is 1160 g/mol. The molecule has 0 bridgehead atoms. The Morgan fingerprint density at radius 1 is 0.281 bits per heavy atom. The SMILES string of the molecule is C=Cc1ccc(C2=CC(N(c3ccc(-c4cccc(-c5ccc(C=C)cc5)c4)cc3)c3ccc(-c4cccc(-c5ccc(C=C)cc5)c4)cc3N(C3=CC=C(c4cccc(-c5ccc(C=C)cc5)c4)CC3)c3ccc(-c4cccc(-c5ccc(C=C)cc5)c4)cc3)=C=C=C2)cc1. The summed E-state index contributed by atoms with van der Waals surface area (Å²) in [6.45, 7) is 20.0. The van der Waals surface area contributed by atoms with E-state index in [9.17, 15) is 0 Å². The number of anilines is 4. The van der Waals surface area contributed by atoms with E-state index in [0.717, 1.165) is 153 Å². The first-order valence-electron chi connectivity index (χ1n) is 32.6. The molecule has 0 aliphatic heterocycles. The molecule has 0 saturated heterocycles. The number of rotatable bonds is 20. The van der Waals surface area contributed by atoms with Gasteiger partial charge >= 0.3 is 0 Å². The molecule has 0 saturated carbocycles. The highest BCUT2D eigenvalue weighted by molar-refractivity contribution is 5.93. The van der Waals surface area contributed by atoms with Crippen LogP contribution in [0, 0.1) is 0 Å². The maximum atomic E-state index is 4.05. The standard InChI is InChI=1S/C94H70N2/c1-6-66-26-36-71(37-27-66)79-16-11-19-82(60-79)76-46-53-89(54-47-76)95(90-55-48-77(49-56-90)83-20-12-17-80(61-83)72-38-28-67(7-2)29-39-72)94-65-88(86-23-14-22-85(63-86)74-42-32-69(9-4)33-43-74)52-59-93(94)96(92-25-15-24-87(64-92)75-44-34-70(10-5)35-45-75)91-57-50-78(51-58-91)84-21-13-18-81(62-84)73-40-30-68(8-3)31-41-73/h6-14,16-24,26-48,50-55,57-65H,1-5,49,56H2. The van der Waals surface area contributed by atoms with Crippen molar-refractivity contribution >= 4 is 64.3 Å². The minimum atomic E-state index is 0.765. The minimum Gasteiger partial charge on any atom is -0.312 e. The first kappa shape index (κ1) is 61.0. The van der Waals surface area contributed by atoms with E-state index in [1.54, 1.807) is 0 Å². The Bertz CT molecular complexity index is 5150. The Morgan fingerprint density at radius 3 is 0.979 bits per heavy atom. The van der Waals surface area contributed by atoms with Gasteiger partial charge in [-0.2, -0.15) is 0 Å². The van der Waals surface area contributed by atoms with Gasteiger partial charge in [0.1, 0.15) is 0 Å². The molecule has 0 spiro atoms. The Hall–Kier alpha value is -12.5. The molecule has 0 unspecified atom stereocenters. The van der Waals surface area contributed by atoms with Gasteiger partial charge in [-0.1, -0.05) is 300 Å². The first-order valence-corrected chi connectivity index (χ1v) is 32.6. The van der Waals surface area contributed by atoms with Crippen LogP contribution in [0.2, 0.25) is 0 Å². The summed E-state index contributed by atoms with van der Waals surface area (Å²) >= 11 is 0. The summed E-state index contributed by atoms with van der Waals surface area (Å²) in [4.78, 5) is 4.86. The largest absolute Gasteiger partial charge is 0.312 e. The Morgan fingerprint density at radius 2 is 0.604 bits per heavy atom. The van der Waals surface area contributed by atoms with E-state index in [4.69, 9.17) is 0 Å². The lowest BCUT2D eigenvalue weighted by atomic mass is 9.92. The first-order chi connectivity index (χ1) is 47.3. The Balaban J connectivity index is 0.958. The van der Waals surface area contributed by atoms with Gasteiger partial charge in [0.05, 0.1) is 17.1 Å². The third kappa shape index (κ3) is 13.1. The molecule has 12 aromatic carbocycles. The van der Waals surface area contributed by atoms with Crippen molar-refractivity contribution in [3.63, 3.8) is 0 Å². The molecule has 0 fully saturated rings. The van der Waals surface area contributed by atoms with E-state index in [1.807, 2.05) is 36.5 Å². The van der Waals surface area contributed by atoms with Crippen LogP contribution >= 0.6 is 0 Å². The third-order valence-electron chi connectivity index (χ3n) is 18.3. The fraction of sp³-hybridized carbons (Fsp3) is 0.0213. The molecule has 2 aliphatic carbocycles. The van der Waals surface area contributed by atoms with E-state index in [-0.39, 0.29) is 0 Å². The maximum Gasteiger partial charge on any atom is 0.0980 e. The quantitative estimate of drug-likeness (QED) is 0.0702. The van der Waals surface area contributed by atoms with Crippen LogP contribution in [0.5, 0.6) is 0 Å². The van der Waals surface area contributed by atoms with Gasteiger partial charge in [-0.3, -0.25) is 0 Å². The van der Waals surface area contributed by atoms with E-state index in [0.29, 0.717) is 0 Å². The highest BCUT2D eigenvalue weighted by Crippen LogP contribution is 2.48. The second-order valence-corrected chi connectivity index (χ2v) is 24.2. The van der Waals surface area contributed by atoms with Crippen LogP contribution in [0.25, 0.3) is 119 Å². The summed E-state index contributed by atoms with van der Waals surface area (Å²) in [5.74, 6) is 0. The van der Waals surface area contributed by atoms with Crippen molar-refractivity contribution in [1.29, 1.82) is 0 Å². The minimum absolute atomic E-state index is 0.765. The number of nitrogens with zero attached hydrogens (tertiary/aromatic N) is 2. The number of hydrogen-bond acceptors (Lipinski definition) is 2. The fourth-order valence-corrected chi connectivity index (χ4v) is 12.9. The lowest BCUT2D eigenvalue weighted by Gasteiger charge is -2.35. The third-order valence-corrected chi connectivity index (χ3v) is 18.3. The van der Waals surface area contributed by atoms with Gasteiger partial charge in [0.2, 0.25) is 0 Å². The van der Waals surface area contributed by atoms with Crippen LogP contribution in [-0.4, -0.2) is 0 Å². The highest BCUT2D eigenvalue weighted by Gasteiger charge is 2.27. The summed E-state index contributed by atoms with van der Waals surface area (Å²) < 4.78 is 0. The summed E-state index contributed by atoms with van der Waals surface area (Å²) in [7, 11) is 0. The van der Waals surface area contributed by atoms with Crippen molar-refractivity contribution < 1.29 is 0 Å². The molecule has 14 rings (SSSR count). The Labute approximate surface area is 565 Å². The lowest BCUT2D eigenvalue weighted by Crippen LogP contribution is -2.23. The lowest BCUT2D eigenvalue weighted by molar-refractivity contribution is 0.929. The smallest absolute Gasteiger partial charge is 0.0980 e. The number of benzene rings is 12. The second kappa shape index (κ2) is 27.7. The van der Waals surface area contributed by atoms with Crippen LogP contribution in [-0.2, 0) is 0 Å². The molecule has 0 amide bonds. The van der Waals surface area contributed by atoms with E-state index in [1.165, 1.54) is 22.3 Å². The van der Waals surface area contributed by atoms with Gasteiger partial charge in [0.15, 0.2) is 0 Å². The van der Waals surface area contributed by atoms with Crippen molar-refractivity contribution in [1.82, 2.24) is 0 Å². The van der Waals surface area contributed by atoms with Gasteiger partial charge < -0.3 is 9.80 Å². The molecule has 0 aromatic heterocycles. The molecule has 96 heavy (non-hydrogen) atoms. The molecule has 456 valence electrons. The van der Waals surface area contributed by atoms with Crippen molar-refractivity contribution in [3.8, 4) is 77.9 Å². The van der Waals surface area contributed by atoms with Gasteiger partial charge in [-0.05, 0) is 225 Å².